The van der Waals surface area contributed by atoms with Crippen molar-refractivity contribution in [2.24, 2.45) is 0 Å². The van der Waals surface area contributed by atoms with Crippen molar-refractivity contribution in [1.29, 1.82) is 0 Å². The van der Waals surface area contributed by atoms with Crippen LogP contribution < -0.4 is 5.32 Å². The predicted molar refractivity (Wildman–Crippen MR) is 104 cm³/mol. The fourth-order valence-corrected chi connectivity index (χ4v) is 4.44. The molecule has 0 atom stereocenters. The Kier molecular flexibility index (Phi) is 7.61. The quantitative estimate of drug-likeness (QED) is 0.688. The summed E-state index contributed by atoms with van der Waals surface area (Å²) in [5, 5.41) is 2.84. The van der Waals surface area contributed by atoms with Crippen LogP contribution in [0.5, 0.6) is 0 Å². The van der Waals surface area contributed by atoms with Crippen molar-refractivity contribution in [3.05, 3.63) is 63.9 Å². The number of amides is 1. The minimum Gasteiger partial charge on any atom is -0.355 e. The highest BCUT2D eigenvalue weighted by Crippen LogP contribution is 2.28. The van der Waals surface area contributed by atoms with Crippen molar-refractivity contribution in [3.8, 4) is 0 Å². The summed E-state index contributed by atoms with van der Waals surface area (Å²) in [4.78, 5) is 12.0. The van der Waals surface area contributed by atoms with Crippen LogP contribution in [0.25, 0.3) is 0 Å². The molecule has 2 aromatic rings. The standard InChI is InChI=1S/C18H19Cl2FN2O3S/c1-2-9-22-18(24)12-23(11-13-3-6-15(21)7-4-13)27(25,26)17-10-14(19)5-8-16(17)20/h3-8,10H,2,9,11-12H2,1H3,(H,22,24). The van der Waals surface area contributed by atoms with Crippen molar-refractivity contribution in [3.63, 3.8) is 0 Å². The molecule has 2 aromatic carbocycles. The molecule has 0 heterocycles. The number of rotatable bonds is 8. The number of hydrogen-bond acceptors (Lipinski definition) is 3. The van der Waals surface area contributed by atoms with E-state index in [9.17, 15) is 17.6 Å². The maximum atomic E-state index is 13.1. The predicted octanol–water partition coefficient (Wildman–Crippen LogP) is 3.85. The van der Waals surface area contributed by atoms with Gasteiger partial charge in [-0.15, -0.1) is 0 Å². The number of nitrogens with zero attached hydrogens (tertiary/aromatic N) is 1. The molecule has 0 fully saturated rings. The van der Waals surface area contributed by atoms with Gasteiger partial charge in [-0.1, -0.05) is 42.3 Å². The molecule has 9 heteroatoms. The maximum Gasteiger partial charge on any atom is 0.245 e. The van der Waals surface area contributed by atoms with Crippen LogP contribution in [-0.2, 0) is 21.4 Å². The van der Waals surface area contributed by atoms with Crippen molar-refractivity contribution in [1.82, 2.24) is 9.62 Å². The Labute approximate surface area is 168 Å². The number of sulfonamides is 1. The summed E-state index contributed by atoms with van der Waals surface area (Å²) in [6.45, 7) is 1.80. The average molecular weight is 433 g/mol. The van der Waals surface area contributed by atoms with Gasteiger partial charge in [0.15, 0.2) is 0 Å². The highest BCUT2D eigenvalue weighted by atomic mass is 35.5. The van der Waals surface area contributed by atoms with Crippen LogP contribution in [-0.4, -0.2) is 31.7 Å². The van der Waals surface area contributed by atoms with Crippen LogP contribution in [0, 0.1) is 5.82 Å². The van der Waals surface area contributed by atoms with Gasteiger partial charge in [-0.2, -0.15) is 4.31 Å². The van der Waals surface area contributed by atoms with Gasteiger partial charge in [0.2, 0.25) is 15.9 Å². The third kappa shape index (κ3) is 5.90. The molecule has 0 aliphatic rings. The third-order valence-corrected chi connectivity index (χ3v) is 6.18. The molecule has 27 heavy (non-hydrogen) atoms. The first-order valence-corrected chi connectivity index (χ1v) is 10.4. The average Bonchev–Trinajstić information content (AvgIpc) is 2.63. The highest BCUT2D eigenvalue weighted by Gasteiger charge is 2.29. The molecule has 146 valence electrons. The molecule has 0 spiro atoms. The Balaban J connectivity index is 2.38. The molecule has 0 saturated heterocycles. The lowest BCUT2D eigenvalue weighted by Gasteiger charge is -2.22. The van der Waals surface area contributed by atoms with Crippen molar-refractivity contribution < 1.29 is 17.6 Å². The van der Waals surface area contributed by atoms with E-state index in [1.807, 2.05) is 6.92 Å². The molecule has 0 aliphatic carbocycles. The second-order valence-corrected chi connectivity index (χ2v) is 8.57. The van der Waals surface area contributed by atoms with Gasteiger partial charge >= 0.3 is 0 Å². The van der Waals surface area contributed by atoms with Gasteiger partial charge in [0.25, 0.3) is 0 Å². The van der Waals surface area contributed by atoms with Crippen LogP contribution in [0.2, 0.25) is 10.0 Å². The minimum atomic E-state index is -4.12. The van der Waals surface area contributed by atoms with E-state index in [2.05, 4.69) is 5.32 Å². The monoisotopic (exact) mass is 432 g/mol. The van der Waals surface area contributed by atoms with E-state index in [1.165, 1.54) is 42.5 Å². The molecule has 1 N–H and O–H groups in total. The summed E-state index contributed by atoms with van der Waals surface area (Å²) < 4.78 is 40.4. The number of carbonyl (C=O) groups excluding carboxylic acids is 1. The van der Waals surface area contributed by atoms with Crippen LogP contribution in [0.1, 0.15) is 18.9 Å². The van der Waals surface area contributed by atoms with Gasteiger partial charge in [-0.25, -0.2) is 12.8 Å². The van der Waals surface area contributed by atoms with E-state index < -0.39 is 28.3 Å². The summed E-state index contributed by atoms with van der Waals surface area (Å²) in [7, 11) is -4.12. The lowest BCUT2D eigenvalue weighted by molar-refractivity contribution is -0.121. The SMILES string of the molecule is CCCNC(=O)CN(Cc1ccc(F)cc1)S(=O)(=O)c1cc(Cl)ccc1Cl. The van der Waals surface area contributed by atoms with E-state index in [0.29, 0.717) is 12.1 Å². The van der Waals surface area contributed by atoms with E-state index in [1.54, 1.807) is 0 Å². The second kappa shape index (κ2) is 9.50. The van der Waals surface area contributed by atoms with Crippen LogP contribution in [0.3, 0.4) is 0 Å². The zero-order chi connectivity index (χ0) is 20.0. The molecule has 0 aliphatic heterocycles. The van der Waals surface area contributed by atoms with Gasteiger partial charge in [0.05, 0.1) is 11.6 Å². The summed E-state index contributed by atoms with van der Waals surface area (Å²) in [6, 6.07) is 9.46. The van der Waals surface area contributed by atoms with Gasteiger partial charge < -0.3 is 5.32 Å². The Bertz CT molecular complexity index is 905. The van der Waals surface area contributed by atoms with E-state index in [0.717, 1.165) is 10.7 Å². The zero-order valence-electron chi connectivity index (χ0n) is 14.6. The van der Waals surface area contributed by atoms with Crippen molar-refractivity contribution in [2.45, 2.75) is 24.8 Å². The first kappa shape index (κ1) is 21.6. The van der Waals surface area contributed by atoms with Crippen LogP contribution in [0.15, 0.2) is 47.4 Å². The van der Waals surface area contributed by atoms with E-state index in [4.69, 9.17) is 23.2 Å². The van der Waals surface area contributed by atoms with Crippen LogP contribution in [0.4, 0.5) is 4.39 Å². The molecule has 0 aromatic heterocycles. The van der Waals surface area contributed by atoms with Gasteiger partial charge in [-0.05, 0) is 42.3 Å². The topological polar surface area (TPSA) is 66.5 Å². The Morgan fingerprint density at radius 2 is 1.81 bits per heavy atom. The Hall–Kier alpha value is -1.67. The maximum absolute atomic E-state index is 13.1. The normalized spacial score (nSPS) is 11.6. The Morgan fingerprint density at radius 1 is 1.15 bits per heavy atom. The molecule has 0 bridgehead atoms. The van der Waals surface area contributed by atoms with E-state index in [-0.39, 0.29) is 21.5 Å². The van der Waals surface area contributed by atoms with Gasteiger partial charge in [0, 0.05) is 18.1 Å². The number of halogens is 3. The number of hydrogen-bond donors (Lipinski definition) is 1. The number of carbonyl (C=O) groups is 1. The van der Waals surface area contributed by atoms with Crippen molar-refractivity contribution in [2.75, 3.05) is 13.1 Å². The largest absolute Gasteiger partial charge is 0.355 e. The molecule has 0 radical (unpaired) electrons. The zero-order valence-corrected chi connectivity index (χ0v) is 16.9. The molecule has 5 nitrogen and oxygen atoms in total. The molecular formula is C18H19Cl2FN2O3S. The smallest absolute Gasteiger partial charge is 0.245 e. The van der Waals surface area contributed by atoms with E-state index >= 15 is 0 Å². The highest BCUT2D eigenvalue weighted by molar-refractivity contribution is 7.89. The number of benzene rings is 2. The molecule has 0 unspecified atom stereocenters. The minimum absolute atomic E-state index is 0.00234. The lowest BCUT2D eigenvalue weighted by atomic mass is 10.2. The van der Waals surface area contributed by atoms with Crippen LogP contribution >= 0.6 is 23.2 Å². The second-order valence-electron chi connectivity index (χ2n) is 5.82. The molecule has 1 amide bonds. The van der Waals surface area contributed by atoms with Gasteiger partial charge in [-0.3, -0.25) is 4.79 Å². The number of nitrogens with one attached hydrogen (secondary N) is 1. The first-order chi connectivity index (χ1) is 12.7. The Morgan fingerprint density at radius 3 is 2.44 bits per heavy atom. The molecule has 0 saturated carbocycles. The summed E-state index contributed by atoms with van der Waals surface area (Å²) in [5.74, 6) is -0.882. The summed E-state index contributed by atoms with van der Waals surface area (Å²) in [5.41, 5.74) is 0.529. The molecule has 2 rings (SSSR count). The van der Waals surface area contributed by atoms with Gasteiger partial charge in [0.1, 0.15) is 10.7 Å². The summed E-state index contributed by atoms with van der Waals surface area (Å²) in [6.07, 6.45) is 0.719. The summed E-state index contributed by atoms with van der Waals surface area (Å²) >= 11 is 12.0. The first-order valence-electron chi connectivity index (χ1n) is 8.20. The fraction of sp³-hybridized carbons (Fsp3) is 0.278. The lowest BCUT2D eigenvalue weighted by Crippen LogP contribution is -2.40. The van der Waals surface area contributed by atoms with Crippen molar-refractivity contribution >= 4 is 39.1 Å². The molecular weight excluding hydrogens is 414 g/mol. The third-order valence-electron chi connectivity index (χ3n) is 3.68. The fourth-order valence-electron chi connectivity index (χ4n) is 2.31.